The van der Waals surface area contributed by atoms with Gasteiger partial charge in [-0.05, 0) is 91.6 Å². The monoisotopic (exact) mass is 749 g/mol. The van der Waals surface area contributed by atoms with Gasteiger partial charge in [-0.25, -0.2) is 12.8 Å². The second kappa shape index (κ2) is 16.9. The molecule has 258 valence electrons. The average Bonchev–Trinajstić information content (AvgIpc) is 3.11. The Balaban J connectivity index is 1.55. The molecule has 4 aromatic carbocycles. The van der Waals surface area contributed by atoms with E-state index in [4.69, 9.17) is 4.74 Å². The van der Waals surface area contributed by atoms with Gasteiger partial charge in [0.05, 0.1) is 17.2 Å². The highest BCUT2D eigenvalue weighted by molar-refractivity contribution is 9.10. The number of hydrogen-bond donors (Lipinski definition) is 1. The molecular formula is C38H41BrFN3O5S. The summed E-state index contributed by atoms with van der Waals surface area (Å²) in [4.78, 5) is 30.3. The van der Waals surface area contributed by atoms with E-state index in [1.807, 2.05) is 61.5 Å². The molecule has 0 radical (unpaired) electrons. The van der Waals surface area contributed by atoms with Crippen LogP contribution in [-0.2, 0) is 32.6 Å². The van der Waals surface area contributed by atoms with E-state index in [-0.39, 0.29) is 35.5 Å². The Morgan fingerprint density at radius 2 is 1.53 bits per heavy atom. The lowest BCUT2D eigenvalue weighted by molar-refractivity contribution is -0.140. The summed E-state index contributed by atoms with van der Waals surface area (Å²) >= 11 is 3.46. The van der Waals surface area contributed by atoms with Crippen LogP contribution in [0.4, 0.5) is 10.1 Å². The number of hydrogen-bond acceptors (Lipinski definition) is 5. The van der Waals surface area contributed by atoms with Gasteiger partial charge >= 0.3 is 0 Å². The molecule has 1 saturated carbocycles. The molecule has 11 heteroatoms. The highest BCUT2D eigenvalue weighted by atomic mass is 79.9. The van der Waals surface area contributed by atoms with Crippen LogP contribution in [0, 0.1) is 5.82 Å². The van der Waals surface area contributed by atoms with Crippen LogP contribution >= 0.6 is 15.9 Å². The van der Waals surface area contributed by atoms with Crippen molar-refractivity contribution >= 4 is 43.5 Å². The first-order valence-corrected chi connectivity index (χ1v) is 18.8. The van der Waals surface area contributed by atoms with Crippen LogP contribution in [0.25, 0.3) is 0 Å². The van der Waals surface area contributed by atoms with Crippen LogP contribution < -0.4 is 14.4 Å². The van der Waals surface area contributed by atoms with Crippen molar-refractivity contribution in [1.29, 1.82) is 0 Å². The number of anilines is 1. The Morgan fingerprint density at radius 1 is 0.878 bits per heavy atom. The molecule has 0 heterocycles. The average molecular weight is 751 g/mol. The molecule has 8 nitrogen and oxygen atoms in total. The molecule has 1 aliphatic rings. The van der Waals surface area contributed by atoms with Crippen molar-refractivity contribution in [3.8, 4) is 5.75 Å². The third-order valence-corrected chi connectivity index (χ3v) is 10.9. The van der Waals surface area contributed by atoms with Crippen molar-refractivity contribution in [1.82, 2.24) is 10.2 Å². The number of amides is 2. The molecule has 1 fully saturated rings. The molecule has 0 saturated heterocycles. The van der Waals surface area contributed by atoms with Crippen molar-refractivity contribution in [3.05, 3.63) is 125 Å². The van der Waals surface area contributed by atoms with Gasteiger partial charge in [0.2, 0.25) is 11.8 Å². The lowest BCUT2D eigenvalue weighted by atomic mass is 9.94. The summed E-state index contributed by atoms with van der Waals surface area (Å²) in [6, 6.07) is 26.8. The summed E-state index contributed by atoms with van der Waals surface area (Å²) in [5.74, 6) is -0.919. The number of nitrogens with zero attached hydrogens (tertiary/aromatic N) is 2. The molecule has 5 rings (SSSR count). The Hall–Kier alpha value is -4.22. The van der Waals surface area contributed by atoms with Gasteiger partial charge in [-0.1, -0.05) is 77.7 Å². The van der Waals surface area contributed by atoms with Crippen molar-refractivity contribution in [2.24, 2.45) is 0 Å². The summed E-state index contributed by atoms with van der Waals surface area (Å²) in [5, 5.41) is 3.21. The largest absolute Gasteiger partial charge is 0.494 e. The normalized spacial score (nSPS) is 14.1. The van der Waals surface area contributed by atoms with Gasteiger partial charge in [-0.2, -0.15) is 0 Å². The van der Waals surface area contributed by atoms with Crippen molar-refractivity contribution < 1.29 is 27.1 Å². The summed E-state index contributed by atoms with van der Waals surface area (Å²) in [5.41, 5.74) is 1.73. The zero-order valence-corrected chi connectivity index (χ0v) is 29.8. The first kappa shape index (κ1) is 36.1. The number of benzene rings is 4. The summed E-state index contributed by atoms with van der Waals surface area (Å²) in [6.07, 6.45) is 5.11. The van der Waals surface area contributed by atoms with Crippen LogP contribution in [0.3, 0.4) is 0 Å². The standard InChI is InChI=1S/C38H41BrFN3O5S/c1-2-48-34-21-23-35(24-22-34)49(46,47)43(33-19-17-31(40)18-20-33)27-37(44)42(26-29-13-15-30(39)16-14-29)36(25-28-9-5-3-6-10-28)38(45)41-32-11-7-4-8-12-32/h3,5-6,9-10,13-24,32,36H,2,4,7-8,11-12,25-27H2,1H3,(H,41,45)/t36-/m0/s1. The fourth-order valence-corrected chi connectivity index (χ4v) is 7.70. The minimum absolute atomic E-state index is 0.0000861. The van der Waals surface area contributed by atoms with Crippen LogP contribution in [0.15, 0.2) is 112 Å². The minimum atomic E-state index is -4.33. The predicted octanol–water partition coefficient (Wildman–Crippen LogP) is 7.27. The lowest BCUT2D eigenvalue weighted by Crippen LogP contribution is -2.55. The smallest absolute Gasteiger partial charge is 0.264 e. The summed E-state index contributed by atoms with van der Waals surface area (Å²) in [6.45, 7) is 1.67. The van der Waals surface area contributed by atoms with Crippen LogP contribution in [0.2, 0.25) is 0 Å². The van der Waals surface area contributed by atoms with E-state index in [0.29, 0.717) is 12.4 Å². The molecular weight excluding hydrogens is 709 g/mol. The third kappa shape index (κ3) is 9.70. The SMILES string of the molecule is CCOc1ccc(S(=O)(=O)N(CC(=O)N(Cc2ccc(Br)cc2)[C@@H](Cc2ccccc2)C(=O)NC2CCCCC2)c2ccc(F)cc2)cc1. The highest BCUT2D eigenvalue weighted by Crippen LogP contribution is 2.27. The van der Waals surface area contributed by atoms with E-state index in [9.17, 15) is 22.4 Å². The molecule has 0 unspecified atom stereocenters. The van der Waals surface area contributed by atoms with Crippen LogP contribution in [0.5, 0.6) is 5.75 Å². The maximum absolute atomic E-state index is 14.6. The summed E-state index contributed by atoms with van der Waals surface area (Å²) in [7, 11) is -4.33. The van der Waals surface area contributed by atoms with Crippen molar-refractivity contribution in [2.75, 3.05) is 17.5 Å². The van der Waals surface area contributed by atoms with Gasteiger partial charge in [0.15, 0.2) is 0 Å². The molecule has 0 spiro atoms. The number of ether oxygens (including phenoxy) is 1. The predicted molar refractivity (Wildman–Crippen MR) is 192 cm³/mol. The molecule has 0 aromatic heterocycles. The number of nitrogens with one attached hydrogen (secondary N) is 1. The fourth-order valence-electron chi connectivity index (χ4n) is 6.02. The molecule has 4 aromatic rings. The Kier molecular flexibility index (Phi) is 12.5. The first-order valence-electron chi connectivity index (χ1n) is 16.5. The molecule has 1 N–H and O–H groups in total. The Labute approximate surface area is 296 Å². The number of carbonyl (C=O) groups is 2. The molecule has 49 heavy (non-hydrogen) atoms. The van der Waals surface area contributed by atoms with E-state index in [0.717, 1.165) is 64.1 Å². The zero-order chi connectivity index (χ0) is 34.8. The maximum atomic E-state index is 14.6. The van der Waals surface area contributed by atoms with Crippen LogP contribution in [0.1, 0.15) is 50.2 Å². The zero-order valence-electron chi connectivity index (χ0n) is 27.4. The van der Waals surface area contributed by atoms with E-state index < -0.39 is 34.3 Å². The lowest BCUT2D eigenvalue weighted by Gasteiger charge is -2.35. The van der Waals surface area contributed by atoms with Crippen LogP contribution in [-0.4, -0.2) is 50.4 Å². The number of sulfonamides is 1. The Morgan fingerprint density at radius 3 is 2.16 bits per heavy atom. The minimum Gasteiger partial charge on any atom is -0.494 e. The Bertz CT molecular complexity index is 1780. The van der Waals surface area contributed by atoms with E-state index in [2.05, 4.69) is 21.2 Å². The second-order valence-electron chi connectivity index (χ2n) is 12.1. The molecule has 1 aliphatic carbocycles. The topological polar surface area (TPSA) is 96.0 Å². The van der Waals surface area contributed by atoms with Gasteiger partial charge < -0.3 is 15.0 Å². The third-order valence-electron chi connectivity index (χ3n) is 8.61. The van der Waals surface area contributed by atoms with E-state index in [1.165, 1.54) is 29.2 Å². The van der Waals surface area contributed by atoms with Gasteiger partial charge in [-0.15, -0.1) is 0 Å². The quantitative estimate of drug-likeness (QED) is 0.146. The van der Waals surface area contributed by atoms with E-state index in [1.54, 1.807) is 12.1 Å². The number of rotatable bonds is 14. The number of carbonyl (C=O) groups excluding carboxylic acids is 2. The van der Waals surface area contributed by atoms with E-state index >= 15 is 0 Å². The molecule has 0 bridgehead atoms. The van der Waals surface area contributed by atoms with Crippen molar-refractivity contribution in [2.45, 2.75) is 69.0 Å². The van der Waals surface area contributed by atoms with Gasteiger partial charge in [0.1, 0.15) is 24.2 Å². The van der Waals surface area contributed by atoms with Gasteiger partial charge in [0, 0.05) is 23.5 Å². The molecule has 1 atom stereocenters. The van der Waals surface area contributed by atoms with Crippen molar-refractivity contribution in [3.63, 3.8) is 0 Å². The first-order chi connectivity index (χ1) is 23.6. The maximum Gasteiger partial charge on any atom is 0.264 e. The van der Waals surface area contributed by atoms with Gasteiger partial charge in [-0.3, -0.25) is 13.9 Å². The number of halogens is 2. The fraction of sp³-hybridized carbons (Fsp3) is 0.316. The molecule has 0 aliphatic heterocycles. The second-order valence-corrected chi connectivity index (χ2v) is 14.9. The highest BCUT2D eigenvalue weighted by Gasteiger charge is 2.35. The van der Waals surface area contributed by atoms with Gasteiger partial charge in [0.25, 0.3) is 10.0 Å². The molecule has 2 amide bonds. The summed E-state index contributed by atoms with van der Waals surface area (Å²) < 4.78 is 49.8.